The van der Waals surface area contributed by atoms with Gasteiger partial charge in [0.05, 0.1) is 0 Å². The van der Waals surface area contributed by atoms with Crippen LogP contribution >= 0.6 is 11.8 Å². The van der Waals surface area contributed by atoms with Crippen molar-refractivity contribution in [2.45, 2.75) is 5.50 Å². The minimum Gasteiger partial charge on any atom is -0.301 e. The van der Waals surface area contributed by atoms with Crippen LogP contribution < -0.4 is 5.73 Å². The van der Waals surface area contributed by atoms with Crippen LogP contribution in [0, 0.1) is 0 Å². The Morgan fingerprint density at radius 1 is 1.75 bits per heavy atom. The lowest BCUT2D eigenvalue weighted by atomic mass is 10.9. The van der Waals surface area contributed by atoms with Crippen molar-refractivity contribution >= 4 is 26.6 Å². The molecule has 0 aliphatic carbocycles. The number of hydrazone groups is 1. The van der Waals surface area contributed by atoms with Gasteiger partial charge in [-0.2, -0.15) is 5.10 Å². The van der Waals surface area contributed by atoms with E-state index in [1.165, 1.54) is 18.0 Å². The van der Waals surface area contributed by atoms with E-state index in [4.69, 9.17) is 5.73 Å². The molecule has 0 aromatic heterocycles. The molecule has 0 fully saturated rings. The first-order valence-corrected chi connectivity index (χ1v) is 6.23. The topological polar surface area (TPSA) is 75.8 Å². The predicted molar refractivity (Wildman–Crippen MR) is 50.5 cm³/mol. The molecule has 1 rings (SSSR count). The molecule has 7 heteroatoms. The zero-order valence-electron chi connectivity index (χ0n) is 6.89. The van der Waals surface area contributed by atoms with Gasteiger partial charge in [-0.15, -0.1) is 0 Å². The van der Waals surface area contributed by atoms with E-state index in [1.54, 1.807) is 12.1 Å². The van der Waals surface area contributed by atoms with Gasteiger partial charge in [0.25, 0.3) is 0 Å². The molecule has 70 valence electrons. The third-order valence-corrected chi connectivity index (χ3v) is 3.31. The molecule has 12 heavy (non-hydrogen) atoms. The summed E-state index contributed by atoms with van der Waals surface area (Å²) in [6, 6.07) is 0. The Labute approximate surface area is 75.9 Å². The van der Waals surface area contributed by atoms with Crippen molar-refractivity contribution in [3.05, 3.63) is 0 Å². The van der Waals surface area contributed by atoms with Crippen LogP contribution in [0.1, 0.15) is 0 Å². The maximum Gasteiger partial charge on any atom is 0.153 e. The van der Waals surface area contributed by atoms with Crippen molar-refractivity contribution < 1.29 is 8.42 Å². The second-order valence-corrected chi connectivity index (χ2v) is 5.98. The molecule has 5 nitrogen and oxygen atoms in total. The molecule has 1 aliphatic heterocycles. The van der Waals surface area contributed by atoms with Crippen LogP contribution in [0.4, 0.5) is 0 Å². The van der Waals surface area contributed by atoms with Crippen molar-refractivity contribution in [3.8, 4) is 0 Å². The van der Waals surface area contributed by atoms with Crippen LogP contribution in [0.2, 0.25) is 0 Å². The van der Waals surface area contributed by atoms with Crippen molar-refractivity contribution in [3.63, 3.8) is 0 Å². The van der Waals surface area contributed by atoms with Gasteiger partial charge >= 0.3 is 0 Å². The highest BCUT2D eigenvalue weighted by molar-refractivity contribution is 8.16. The molecule has 1 unspecified atom stereocenters. The number of hydrogen-bond acceptors (Lipinski definition) is 6. The quantitative estimate of drug-likeness (QED) is 0.648. The molecule has 0 saturated heterocycles. The minimum absolute atomic E-state index is 0.0181. The largest absolute Gasteiger partial charge is 0.301 e. The Bertz CT molecular complexity index is 298. The van der Waals surface area contributed by atoms with Gasteiger partial charge < -0.3 is 5.73 Å². The Balaban J connectivity index is 2.63. The molecule has 2 N–H and O–H groups in total. The van der Waals surface area contributed by atoms with E-state index in [0.717, 1.165) is 0 Å². The first kappa shape index (κ1) is 9.82. The highest BCUT2D eigenvalue weighted by Crippen LogP contribution is 2.20. The minimum atomic E-state index is -2.99. The lowest BCUT2D eigenvalue weighted by molar-refractivity contribution is 0.347. The lowest BCUT2D eigenvalue weighted by Crippen LogP contribution is -2.28. The third-order valence-electron chi connectivity index (χ3n) is 1.28. The molecule has 1 heterocycles. The van der Waals surface area contributed by atoms with Gasteiger partial charge in [0.15, 0.2) is 9.84 Å². The molecule has 1 atom stereocenters. The van der Waals surface area contributed by atoms with Crippen LogP contribution in [-0.4, -0.2) is 43.0 Å². The van der Waals surface area contributed by atoms with Gasteiger partial charge in [0.1, 0.15) is 16.3 Å². The van der Waals surface area contributed by atoms with Gasteiger partial charge in [0, 0.05) is 13.3 Å². The highest BCUT2D eigenvalue weighted by atomic mass is 32.2. The number of thioether (sulfide) groups is 1. The Hall–Kier alpha value is -0.270. The van der Waals surface area contributed by atoms with Crippen molar-refractivity contribution in [2.24, 2.45) is 10.8 Å². The molecule has 0 spiro atoms. The molecule has 0 bridgehead atoms. The molecular formula is C5H11N3O2S2. The van der Waals surface area contributed by atoms with Crippen molar-refractivity contribution in [2.75, 3.05) is 19.1 Å². The van der Waals surface area contributed by atoms with Gasteiger partial charge in [-0.1, -0.05) is 11.8 Å². The van der Waals surface area contributed by atoms with E-state index < -0.39 is 9.84 Å². The summed E-state index contributed by atoms with van der Waals surface area (Å²) in [6.07, 6.45) is 1.18. The SMILES string of the molecule is CN1N=C(CS(C)(=O)=O)SC1N. The summed E-state index contributed by atoms with van der Waals surface area (Å²) in [7, 11) is -1.27. The molecule has 1 aliphatic rings. The molecule has 0 aromatic carbocycles. The second-order valence-electron chi connectivity index (χ2n) is 2.65. The van der Waals surface area contributed by atoms with Crippen LogP contribution in [0.3, 0.4) is 0 Å². The first-order chi connectivity index (χ1) is 5.38. The van der Waals surface area contributed by atoms with Crippen molar-refractivity contribution in [1.82, 2.24) is 5.01 Å². The molecule has 0 saturated carbocycles. The van der Waals surface area contributed by atoms with Gasteiger partial charge in [0.2, 0.25) is 0 Å². The van der Waals surface area contributed by atoms with E-state index >= 15 is 0 Å². The van der Waals surface area contributed by atoms with Crippen LogP contribution in [0.5, 0.6) is 0 Å². The number of hydrogen-bond donors (Lipinski definition) is 1. The summed E-state index contributed by atoms with van der Waals surface area (Å²) in [4.78, 5) is 0. The fraction of sp³-hybridized carbons (Fsp3) is 0.800. The Morgan fingerprint density at radius 3 is 2.67 bits per heavy atom. The van der Waals surface area contributed by atoms with Crippen LogP contribution in [0.15, 0.2) is 5.10 Å². The summed E-state index contributed by atoms with van der Waals surface area (Å²) in [5, 5.41) is 6.07. The van der Waals surface area contributed by atoms with E-state index in [1.807, 2.05) is 0 Å². The fourth-order valence-corrected chi connectivity index (χ4v) is 2.83. The van der Waals surface area contributed by atoms with E-state index in [0.29, 0.717) is 5.04 Å². The van der Waals surface area contributed by atoms with Gasteiger partial charge in [-0.3, -0.25) is 5.01 Å². The summed E-state index contributed by atoms with van der Waals surface area (Å²) in [5.41, 5.74) is 5.32. The van der Waals surface area contributed by atoms with E-state index in [-0.39, 0.29) is 11.3 Å². The zero-order chi connectivity index (χ0) is 9.35. The van der Waals surface area contributed by atoms with Gasteiger partial charge in [-0.25, -0.2) is 8.42 Å². The number of nitrogens with two attached hydrogens (primary N) is 1. The molecule has 0 aromatic rings. The lowest BCUT2D eigenvalue weighted by Gasteiger charge is -2.10. The highest BCUT2D eigenvalue weighted by Gasteiger charge is 2.22. The third kappa shape index (κ3) is 2.65. The maximum atomic E-state index is 10.8. The predicted octanol–water partition coefficient (Wildman–Crippen LogP) is -0.735. The summed E-state index contributed by atoms with van der Waals surface area (Å²) < 4.78 is 21.7. The maximum absolute atomic E-state index is 10.8. The number of sulfone groups is 1. The zero-order valence-corrected chi connectivity index (χ0v) is 8.52. The first-order valence-electron chi connectivity index (χ1n) is 3.29. The van der Waals surface area contributed by atoms with Gasteiger partial charge in [-0.05, 0) is 0 Å². The smallest absolute Gasteiger partial charge is 0.153 e. The number of nitrogens with zero attached hydrogens (tertiary/aromatic N) is 2. The molecule has 0 amide bonds. The Kier molecular flexibility index (Phi) is 2.64. The van der Waals surface area contributed by atoms with E-state index in [2.05, 4.69) is 5.10 Å². The summed E-state index contributed by atoms with van der Waals surface area (Å²) in [6.45, 7) is 0. The average molecular weight is 209 g/mol. The van der Waals surface area contributed by atoms with Crippen molar-refractivity contribution in [1.29, 1.82) is 0 Å². The van der Waals surface area contributed by atoms with Crippen LogP contribution in [-0.2, 0) is 9.84 Å². The fourth-order valence-electron chi connectivity index (χ4n) is 0.759. The van der Waals surface area contributed by atoms with E-state index in [9.17, 15) is 8.42 Å². The Morgan fingerprint density at radius 2 is 2.33 bits per heavy atom. The van der Waals surface area contributed by atoms with Crippen LogP contribution in [0.25, 0.3) is 0 Å². The second kappa shape index (κ2) is 3.23. The average Bonchev–Trinajstić information content (AvgIpc) is 2.07. The molecular weight excluding hydrogens is 198 g/mol. The molecule has 0 radical (unpaired) electrons. The summed E-state index contributed by atoms with van der Waals surface area (Å²) in [5.74, 6) is -0.0181. The summed E-state index contributed by atoms with van der Waals surface area (Å²) >= 11 is 1.28. The monoisotopic (exact) mass is 209 g/mol. The number of rotatable bonds is 2. The normalized spacial score (nSPS) is 24.4. The standard InChI is InChI=1S/C5H11N3O2S2/c1-8-5(6)11-4(7-8)3-12(2,9)10/h5H,3,6H2,1-2H3.